The van der Waals surface area contributed by atoms with Gasteiger partial charge in [0.25, 0.3) is 0 Å². The number of halogens is 4. The molecule has 86 valence electrons. The van der Waals surface area contributed by atoms with E-state index >= 15 is 0 Å². The maximum Gasteiger partial charge on any atom is 0.411 e. The Morgan fingerprint density at radius 1 is 1.44 bits per heavy atom. The van der Waals surface area contributed by atoms with E-state index in [1.54, 1.807) is 6.07 Å². The Balaban J connectivity index is 2.34. The molecule has 0 aromatic carbocycles. The van der Waals surface area contributed by atoms with Gasteiger partial charge in [0.15, 0.2) is 11.9 Å². The fraction of sp³-hybridized carbons (Fsp3) is 0.333. The maximum absolute atomic E-state index is 12.6. The van der Waals surface area contributed by atoms with Gasteiger partial charge in [-0.3, -0.25) is 0 Å². The Morgan fingerprint density at radius 2 is 2.19 bits per heavy atom. The molecular formula is C9H7ClF3N3. The molecule has 1 aromatic heterocycles. The van der Waals surface area contributed by atoms with Crippen LogP contribution in [0, 0.1) is 0 Å². The Labute approximate surface area is 94.5 Å². The van der Waals surface area contributed by atoms with Crippen molar-refractivity contribution in [1.82, 2.24) is 4.98 Å². The summed E-state index contributed by atoms with van der Waals surface area (Å²) in [6.45, 7) is 0. The van der Waals surface area contributed by atoms with Crippen LogP contribution in [0.15, 0.2) is 23.4 Å². The predicted molar refractivity (Wildman–Crippen MR) is 54.7 cm³/mol. The average molecular weight is 250 g/mol. The molecular weight excluding hydrogens is 243 g/mol. The zero-order valence-electron chi connectivity index (χ0n) is 7.95. The minimum Gasteiger partial charge on any atom is -0.236 e. The van der Waals surface area contributed by atoms with Gasteiger partial charge in [0.1, 0.15) is 0 Å². The smallest absolute Gasteiger partial charge is 0.236 e. The number of aromatic nitrogens is 1. The van der Waals surface area contributed by atoms with Crippen molar-refractivity contribution in [3.63, 3.8) is 0 Å². The van der Waals surface area contributed by atoms with Crippen molar-refractivity contribution in [1.29, 1.82) is 0 Å². The molecule has 1 aromatic rings. The quantitative estimate of drug-likeness (QED) is 0.766. The summed E-state index contributed by atoms with van der Waals surface area (Å²) in [5.41, 5.74) is 0. The number of alkyl halides is 3. The normalized spacial score (nSPS) is 20.5. The van der Waals surface area contributed by atoms with E-state index in [1.807, 2.05) is 0 Å². The fourth-order valence-electron chi connectivity index (χ4n) is 1.44. The molecule has 16 heavy (non-hydrogen) atoms. The Morgan fingerprint density at radius 3 is 2.81 bits per heavy atom. The van der Waals surface area contributed by atoms with E-state index in [0.29, 0.717) is 0 Å². The number of hydrazone groups is 1. The van der Waals surface area contributed by atoms with Crippen LogP contribution in [0.5, 0.6) is 0 Å². The highest BCUT2D eigenvalue weighted by molar-refractivity contribution is 6.32. The zero-order valence-corrected chi connectivity index (χ0v) is 8.70. The van der Waals surface area contributed by atoms with Gasteiger partial charge in [0, 0.05) is 18.8 Å². The molecule has 0 spiro atoms. The molecule has 0 radical (unpaired) electrons. The molecule has 1 atom stereocenters. The second-order valence-corrected chi connectivity index (χ2v) is 3.65. The highest BCUT2D eigenvalue weighted by atomic mass is 35.5. The summed E-state index contributed by atoms with van der Waals surface area (Å²) in [7, 11) is 0. The van der Waals surface area contributed by atoms with Crippen LogP contribution in [0.1, 0.15) is 6.42 Å². The lowest BCUT2D eigenvalue weighted by Gasteiger charge is -2.25. The van der Waals surface area contributed by atoms with Gasteiger partial charge in [-0.2, -0.15) is 18.3 Å². The molecule has 1 aliphatic rings. The van der Waals surface area contributed by atoms with Crippen molar-refractivity contribution < 1.29 is 13.2 Å². The van der Waals surface area contributed by atoms with Crippen LogP contribution >= 0.6 is 11.6 Å². The molecule has 1 aliphatic heterocycles. The number of pyridine rings is 1. The van der Waals surface area contributed by atoms with E-state index in [9.17, 15) is 13.2 Å². The van der Waals surface area contributed by atoms with E-state index < -0.39 is 12.2 Å². The van der Waals surface area contributed by atoms with E-state index in [0.717, 1.165) is 5.01 Å². The number of hydrogen-bond acceptors (Lipinski definition) is 3. The fourth-order valence-corrected chi connectivity index (χ4v) is 1.64. The lowest BCUT2D eigenvalue weighted by molar-refractivity contribution is -0.145. The summed E-state index contributed by atoms with van der Waals surface area (Å²) < 4.78 is 37.9. The Kier molecular flexibility index (Phi) is 2.75. The topological polar surface area (TPSA) is 28.5 Å². The largest absolute Gasteiger partial charge is 0.411 e. The Bertz CT molecular complexity index is 419. The van der Waals surface area contributed by atoms with Crippen LogP contribution in [0.3, 0.4) is 0 Å². The molecule has 3 nitrogen and oxygen atoms in total. The van der Waals surface area contributed by atoms with Gasteiger partial charge in [-0.05, 0) is 12.1 Å². The van der Waals surface area contributed by atoms with E-state index in [2.05, 4.69) is 10.1 Å². The summed E-state index contributed by atoms with van der Waals surface area (Å²) in [4.78, 5) is 3.80. The van der Waals surface area contributed by atoms with E-state index in [4.69, 9.17) is 11.6 Å². The van der Waals surface area contributed by atoms with Crippen molar-refractivity contribution in [2.24, 2.45) is 5.10 Å². The molecule has 7 heteroatoms. The van der Waals surface area contributed by atoms with Gasteiger partial charge in [0.05, 0.1) is 5.02 Å². The van der Waals surface area contributed by atoms with Crippen molar-refractivity contribution in [2.45, 2.75) is 18.6 Å². The van der Waals surface area contributed by atoms with Gasteiger partial charge in [-0.25, -0.2) is 9.99 Å². The molecule has 0 bridgehead atoms. The van der Waals surface area contributed by atoms with Gasteiger partial charge in [0.2, 0.25) is 0 Å². The summed E-state index contributed by atoms with van der Waals surface area (Å²) >= 11 is 5.77. The van der Waals surface area contributed by atoms with Crippen LogP contribution in [-0.4, -0.2) is 23.4 Å². The van der Waals surface area contributed by atoms with Crippen molar-refractivity contribution in [3.05, 3.63) is 23.4 Å². The molecule has 1 unspecified atom stereocenters. The van der Waals surface area contributed by atoms with Crippen LogP contribution in [0.25, 0.3) is 0 Å². The third-order valence-corrected chi connectivity index (χ3v) is 2.46. The third kappa shape index (κ3) is 1.97. The van der Waals surface area contributed by atoms with E-state index in [1.165, 1.54) is 18.5 Å². The SMILES string of the molecule is FC(F)(F)C1CC=NN1c1ncccc1Cl. The minimum atomic E-state index is -4.35. The highest BCUT2D eigenvalue weighted by Gasteiger charge is 2.46. The first kappa shape index (κ1) is 11.2. The number of rotatable bonds is 1. The summed E-state index contributed by atoms with van der Waals surface area (Å²) in [5.74, 6) is 0.0280. The molecule has 0 N–H and O–H groups in total. The number of nitrogens with zero attached hydrogens (tertiary/aromatic N) is 3. The van der Waals surface area contributed by atoms with E-state index in [-0.39, 0.29) is 17.3 Å². The molecule has 0 amide bonds. The first-order valence-electron chi connectivity index (χ1n) is 4.49. The van der Waals surface area contributed by atoms with Gasteiger partial charge in [-0.15, -0.1) is 0 Å². The standard InChI is InChI=1S/C9H7ClF3N3/c10-6-2-1-4-14-8(6)16-7(3-5-15-16)9(11,12)13/h1-2,4-5,7H,3H2. The van der Waals surface area contributed by atoms with Crippen molar-refractivity contribution in [2.75, 3.05) is 5.01 Å². The predicted octanol–water partition coefficient (Wildman–Crippen LogP) is 2.86. The monoisotopic (exact) mass is 249 g/mol. The molecule has 2 heterocycles. The highest BCUT2D eigenvalue weighted by Crippen LogP contribution is 2.35. The van der Waals surface area contributed by atoms with Crippen LogP contribution in [0.2, 0.25) is 5.02 Å². The third-order valence-electron chi connectivity index (χ3n) is 2.16. The van der Waals surface area contributed by atoms with Crippen LogP contribution in [0.4, 0.5) is 19.0 Å². The number of anilines is 1. The lowest BCUT2D eigenvalue weighted by atomic mass is 10.2. The summed E-state index contributed by atoms with van der Waals surface area (Å²) in [6.07, 6.45) is -1.95. The Hall–Kier alpha value is -1.30. The van der Waals surface area contributed by atoms with Crippen LogP contribution < -0.4 is 5.01 Å². The first-order chi connectivity index (χ1) is 7.50. The molecule has 2 rings (SSSR count). The number of hydrogen-bond donors (Lipinski definition) is 0. The van der Waals surface area contributed by atoms with Gasteiger partial charge < -0.3 is 0 Å². The molecule has 0 aliphatic carbocycles. The van der Waals surface area contributed by atoms with Gasteiger partial charge >= 0.3 is 6.18 Å². The van der Waals surface area contributed by atoms with Gasteiger partial charge in [-0.1, -0.05) is 11.6 Å². The zero-order chi connectivity index (χ0) is 11.8. The van der Waals surface area contributed by atoms with Crippen LogP contribution in [-0.2, 0) is 0 Å². The van der Waals surface area contributed by atoms with Crippen molar-refractivity contribution in [3.8, 4) is 0 Å². The summed E-state index contributed by atoms with van der Waals surface area (Å²) in [6, 6.07) is 1.35. The second kappa shape index (κ2) is 3.93. The maximum atomic E-state index is 12.6. The van der Waals surface area contributed by atoms with Crippen molar-refractivity contribution >= 4 is 23.6 Å². The lowest BCUT2D eigenvalue weighted by Crippen LogP contribution is -2.40. The summed E-state index contributed by atoms with van der Waals surface area (Å²) in [5, 5.41) is 4.61. The molecule has 0 saturated carbocycles. The molecule has 0 saturated heterocycles. The second-order valence-electron chi connectivity index (χ2n) is 3.24. The first-order valence-corrected chi connectivity index (χ1v) is 4.87. The minimum absolute atomic E-state index is 0.0280. The average Bonchev–Trinajstić information content (AvgIpc) is 2.66. The molecule has 0 fully saturated rings.